The van der Waals surface area contributed by atoms with Gasteiger partial charge in [-0.3, -0.25) is 9.59 Å². The van der Waals surface area contributed by atoms with Crippen molar-refractivity contribution in [2.24, 2.45) is 5.41 Å². The minimum atomic E-state index is -1.09. The minimum absolute atomic E-state index is 0.136. The molecule has 5 heteroatoms. The van der Waals surface area contributed by atoms with E-state index in [2.05, 4.69) is 11.7 Å². The molecule has 0 aliphatic carbocycles. The molecule has 0 N–H and O–H groups in total. The molecule has 1 heterocycles. The second-order valence-corrected chi connectivity index (χ2v) is 4.50. The fourth-order valence-electron chi connectivity index (χ4n) is 1.90. The molecule has 1 aliphatic heterocycles. The van der Waals surface area contributed by atoms with Crippen molar-refractivity contribution < 1.29 is 19.1 Å². The predicted octanol–water partition coefficient (Wildman–Crippen LogP) is 0.825. The quantitative estimate of drug-likeness (QED) is 0.394. The van der Waals surface area contributed by atoms with Crippen LogP contribution in [0.1, 0.15) is 26.2 Å². The largest absolute Gasteiger partial charge is 0.468 e. The van der Waals surface area contributed by atoms with Crippen LogP contribution in [0.25, 0.3) is 0 Å². The van der Waals surface area contributed by atoms with Crippen LogP contribution in [0.4, 0.5) is 0 Å². The van der Waals surface area contributed by atoms with Crippen LogP contribution < -0.4 is 0 Å². The second-order valence-electron chi connectivity index (χ2n) is 4.50. The Kier molecular flexibility index (Phi) is 4.93. The molecule has 1 amide bonds. The third-order valence-electron chi connectivity index (χ3n) is 3.13. The maximum Gasteiger partial charge on any atom is 0.326 e. The van der Waals surface area contributed by atoms with Gasteiger partial charge in [0.1, 0.15) is 0 Å². The van der Waals surface area contributed by atoms with Gasteiger partial charge in [-0.05, 0) is 6.42 Å². The number of rotatable bonds is 6. The molecule has 0 spiro atoms. The van der Waals surface area contributed by atoms with Crippen LogP contribution in [0.3, 0.4) is 0 Å². The van der Waals surface area contributed by atoms with E-state index in [4.69, 9.17) is 4.74 Å². The Balaban J connectivity index is 2.57. The summed E-state index contributed by atoms with van der Waals surface area (Å²) in [6.07, 6.45) is 3.14. The average molecular weight is 243 g/mol. The van der Waals surface area contributed by atoms with Crippen molar-refractivity contribution in [3.63, 3.8) is 0 Å². The highest BCUT2D eigenvalue weighted by molar-refractivity contribution is 6.03. The summed E-state index contributed by atoms with van der Waals surface area (Å²) in [7, 11) is 3.02. The van der Waals surface area contributed by atoms with Gasteiger partial charge in [0, 0.05) is 13.6 Å². The van der Waals surface area contributed by atoms with Gasteiger partial charge in [-0.1, -0.05) is 19.8 Å². The van der Waals surface area contributed by atoms with Gasteiger partial charge in [-0.2, -0.15) is 0 Å². The van der Waals surface area contributed by atoms with Crippen LogP contribution in [0.2, 0.25) is 0 Å². The molecule has 1 fully saturated rings. The lowest BCUT2D eigenvalue weighted by Gasteiger charge is -2.39. The highest BCUT2D eigenvalue weighted by atomic mass is 16.5. The summed E-state index contributed by atoms with van der Waals surface area (Å²) in [5.74, 6) is -0.678. The fraction of sp³-hybridized carbons (Fsp3) is 0.833. The van der Waals surface area contributed by atoms with Gasteiger partial charge in [0.05, 0.1) is 20.3 Å². The van der Waals surface area contributed by atoms with Gasteiger partial charge in [-0.15, -0.1) is 0 Å². The van der Waals surface area contributed by atoms with Crippen molar-refractivity contribution in [1.82, 2.24) is 4.90 Å². The lowest BCUT2D eigenvalue weighted by molar-refractivity contribution is -0.193. The summed E-state index contributed by atoms with van der Waals surface area (Å²) in [4.78, 5) is 25.4. The van der Waals surface area contributed by atoms with E-state index < -0.39 is 11.4 Å². The number of carbonyl (C=O) groups excluding carboxylic acids is 2. The first-order valence-electron chi connectivity index (χ1n) is 6.00. The standard InChI is InChI=1S/C12H21NO4/c1-4-5-6-7-13(2)10(14)12(8-17-9-12)11(15)16-3/h4-9H2,1-3H3. The van der Waals surface area contributed by atoms with Gasteiger partial charge >= 0.3 is 5.97 Å². The molecule has 0 atom stereocenters. The maximum atomic E-state index is 12.2. The minimum Gasteiger partial charge on any atom is -0.468 e. The second kappa shape index (κ2) is 6.00. The van der Waals surface area contributed by atoms with Gasteiger partial charge in [0.2, 0.25) is 5.91 Å². The zero-order chi connectivity index (χ0) is 12.9. The normalized spacial score (nSPS) is 17.1. The van der Waals surface area contributed by atoms with Crippen molar-refractivity contribution >= 4 is 11.9 Å². The monoisotopic (exact) mass is 243 g/mol. The molecular weight excluding hydrogens is 222 g/mol. The molecule has 1 aliphatic rings. The lowest BCUT2D eigenvalue weighted by atomic mass is 9.84. The van der Waals surface area contributed by atoms with E-state index in [1.807, 2.05) is 0 Å². The summed E-state index contributed by atoms with van der Waals surface area (Å²) >= 11 is 0. The van der Waals surface area contributed by atoms with E-state index in [0.29, 0.717) is 6.54 Å². The van der Waals surface area contributed by atoms with Crippen molar-refractivity contribution in [3.8, 4) is 0 Å². The Bertz CT molecular complexity index is 286. The molecule has 1 rings (SSSR count). The van der Waals surface area contributed by atoms with Crippen LogP contribution in [0.5, 0.6) is 0 Å². The smallest absolute Gasteiger partial charge is 0.326 e. The molecule has 1 saturated heterocycles. The first-order chi connectivity index (χ1) is 8.08. The van der Waals surface area contributed by atoms with Crippen molar-refractivity contribution in [2.75, 3.05) is 33.9 Å². The van der Waals surface area contributed by atoms with Crippen LogP contribution in [0, 0.1) is 5.41 Å². The number of nitrogens with zero attached hydrogens (tertiary/aromatic N) is 1. The van der Waals surface area contributed by atoms with Crippen LogP contribution in [0.15, 0.2) is 0 Å². The van der Waals surface area contributed by atoms with Gasteiger partial charge in [0.15, 0.2) is 5.41 Å². The Hall–Kier alpha value is -1.10. The fourth-order valence-corrected chi connectivity index (χ4v) is 1.90. The van der Waals surface area contributed by atoms with E-state index in [9.17, 15) is 9.59 Å². The summed E-state index contributed by atoms with van der Waals surface area (Å²) in [5.41, 5.74) is -1.09. The number of hydrogen-bond acceptors (Lipinski definition) is 4. The molecule has 5 nitrogen and oxygen atoms in total. The van der Waals surface area contributed by atoms with Crippen LogP contribution in [-0.2, 0) is 19.1 Å². The SMILES string of the molecule is CCCCCN(C)C(=O)C1(C(=O)OC)COC1. The number of ether oxygens (including phenoxy) is 2. The average Bonchev–Trinajstić information content (AvgIpc) is 2.27. The van der Waals surface area contributed by atoms with E-state index in [0.717, 1.165) is 19.3 Å². The van der Waals surface area contributed by atoms with Gasteiger partial charge in [-0.25, -0.2) is 0 Å². The summed E-state index contributed by atoms with van der Waals surface area (Å²) < 4.78 is 9.70. The first-order valence-corrected chi connectivity index (χ1v) is 6.00. The molecular formula is C12H21NO4. The maximum absolute atomic E-state index is 12.2. The molecule has 0 saturated carbocycles. The Morgan fingerprint density at radius 1 is 1.35 bits per heavy atom. The lowest BCUT2D eigenvalue weighted by Crippen LogP contribution is -2.59. The third-order valence-corrected chi connectivity index (χ3v) is 3.13. The Labute approximate surface area is 102 Å². The third kappa shape index (κ3) is 2.77. The molecule has 0 radical (unpaired) electrons. The highest BCUT2D eigenvalue weighted by Gasteiger charge is 2.55. The van der Waals surface area contributed by atoms with E-state index in [1.54, 1.807) is 11.9 Å². The topological polar surface area (TPSA) is 55.8 Å². The molecule has 98 valence electrons. The highest BCUT2D eigenvalue weighted by Crippen LogP contribution is 2.31. The molecule has 0 unspecified atom stereocenters. The van der Waals surface area contributed by atoms with E-state index >= 15 is 0 Å². The molecule has 0 bridgehead atoms. The number of amides is 1. The summed E-state index contributed by atoms with van der Waals surface area (Å²) in [5, 5.41) is 0. The number of carbonyl (C=O) groups is 2. The molecule has 0 aromatic heterocycles. The van der Waals surface area contributed by atoms with Crippen molar-refractivity contribution in [3.05, 3.63) is 0 Å². The number of hydrogen-bond donors (Lipinski definition) is 0. The Morgan fingerprint density at radius 3 is 2.41 bits per heavy atom. The zero-order valence-corrected chi connectivity index (χ0v) is 10.8. The zero-order valence-electron chi connectivity index (χ0n) is 10.8. The first kappa shape index (κ1) is 14.0. The summed E-state index contributed by atoms with van der Waals surface area (Å²) in [6.45, 7) is 3.05. The summed E-state index contributed by atoms with van der Waals surface area (Å²) in [6, 6.07) is 0. The van der Waals surface area contributed by atoms with Gasteiger partial charge < -0.3 is 14.4 Å². The van der Waals surface area contributed by atoms with E-state index in [1.165, 1.54) is 7.11 Å². The van der Waals surface area contributed by atoms with Crippen molar-refractivity contribution in [1.29, 1.82) is 0 Å². The van der Waals surface area contributed by atoms with Crippen LogP contribution >= 0.6 is 0 Å². The number of unbranched alkanes of at least 4 members (excludes halogenated alkanes) is 2. The van der Waals surface area contributed by atoms with Crippen LogP contribution in [-0.4, -0.2) is 50.7 Å². The molecule has 0 aromatic carbocycles. The predicted molar refractivity (Wildman–Crippen MR) is 62.4 cm³/mol. The number of esters is 1. The van der Waals surface area contributed by atoms with Gasteiger partial charge in [0.25, 0.3) is 0 Å². The molecule has 0 aromatic rings. The van der Waals surface area contributed by atoms with Crippen molar-refractivity contribution in [2.45, 2.75) is 26.2 Å². The number of methoxy groups -OCH3 is 1. The molecule has 17 heavy (non-hydrogen) atoms. The Morgan fingerprint density at radius 2 is 2.00 bits per heavy atom. The van der Waals surface area contributed by atoms with E-state index in [-0.39, 0.29) is 19.1 Å².